The topological polar surface area (TPSA) is 37.3 Å². The summed E-state index contributed by atoms with van der Waals surface area (Å²) in [6, 6.07) is 7.72. The predicted octanol–water partition coefficient (Wildman–Crippen LogP) is 1.10. The van der Waals surface area contributed by atoms with Crippen molar-refractivity contribution in [2.75, 3.05) is 0 Å². The van der Waals surface area contributed by atoms with Crippen molar-refractivity contribution >= 4 is 6.29 Å². The summed E-state index contributed by atoms with van der Waals surface area (Å²) in [5.74, 6) is 0. The minimum Gasteiger partial charge on any atom is -0.385 e. The third-order valence-electron chi connectivity index (χ3n) is 1.85. The number of hydrogen-bond donors (Lipinski definition) is 1. The van der Waals surface area contributed by atoms with Crippen molar-refractivity contribution in [1.82, 2.24) is 0 Å². The Morgan fingerprint density at radius 3 is 2.75 bits per heavy atom. The molecule has 0 spiro atoms. The normalized spacial score (nSPS) is 12.5. The summed E-state index contributed by atoms with van der Waals surface area (Å²) in [6.45, 7) is 1.97. The van der Waals surface area contributed by atoms with Gasteiger partial charge in [0.05, 0.1) is 0 Å². The Morgan fingerprint density at radius 1 is 1.50 bits per heavy atom. The zero-order chi connectivity index (χ0) is 8.97. The highest BCUT2D eigenvalue weighted by Gasteiger charge is 2.04. The van der Waals surface area contributed by atoms with E-state index < -0.39 is 6.10 Å². The minimum absolute atomic E-state index is 0.413. The summed E-state index contributed by atoms with van der Waals surface area (Å²) >= 11 is 0. The van der Waals surface area contributed by atoms with Crippen LogP contribution in [0.5, 0.6) is 0 Å². The highest BCUT2D eigenvalue weighted by Crippen LogP contribution is 2.08. The van der Waals surface area contributed by atoms with E-state index in [-0.39, 0.29) is 0 Å². The van der Waals surface area contributed by atoms with E-state index in [1.54, 1.807) is 0 Å². The van der Waals surface area contributed by atoms with Crippen molar-refractivity contribution in [3.63, 3.8) is 0 Å². The van der Waals surface area contributed by atoms with Gasteiger partial charge >= 0.3 is 0 Å². The molecule has 1 aromatic rings. The number of benzene rings is 1. The molecule has 0 saturated heterocycles. The van der Waals surface area contributed by atoms with Crippen LogP contribution in [-0.2, 0) is 11.2 Å². The van der Waals surface area contributed by atoms with Crippen LogP contribution >= 0.6 is 0 Å². The Bertz CT molecular complexity index is 268. The highest BCUT2D eigenvalue weighted by atomic mass is 16.3. The van der Waals surface area contributed by atoms with Crippen LogP contribution in [0, 0.1) is 6.92 Å². The summed E-state index contributed by atoms with van der Waals surface area (Å²) in [6.07, 6.45) is 0.105. The van der Waals surface area contributed by atoms with Crippen LogP contribution in [-0.4, -0.2) is 17.5 Å². The maximum absolute atomic E-state index is 10.2. The maximum atomic E-state index is 10.2. The molecule has 2 nitrogen and oxygen atoms in total. The molecule has 1 unspecified atom stereocenters. The van der Waals surface area contributed by atoms with Crippen LogP contribution < -0.4 is 0 Å². The van der Waals surface area contributed by atoms with Crippen LogP contribution in [0.15, 0.2) is 24.3 Å². The summed E-state index contributed by atoms with van der Waals surface area (Å²) in [4.78, 5) is 10.2. The molecule has 0 amide bonds. The van der Waals surface area contributed by atoms with Crippen molar-refractivity contribution < 1.29 is 9.90 Å². The summed E-state index contributed by atoms with van der Waals surface area (Å²) in [5, 5.41) is 9.07. The molecule has 64 valence electrons. The maximum Gasteiger partial charge on any atom is 0.148 e. The molecule has 12 heavy (non-hydrogen) atoms. The first kappa shape index (κ1) is 8.94. The molecule has 0 aromatic heterocycles. The number of aldehydes is 1. The molecule has 0 heterocycles. The van der Waals surface area contributed by atoms with E-state index in [0.29, 0.717) is 12.7 Å². The molecule has 0 aliphatic heterocycles. The molecule has 0 saturated carbocycles. The van der Waals surface area contributed by atoms with Crippen molar-refractivity contribution in [3.05, 3.63) is 35.4 Å². The number of carbonyl (C=O) groups is 1. The van der Waals surface area contributed by atoms with Gasteiger partial charge in [-0.25, -0.2) is 0 Å². The SMILES string of the molecule is Cc1ccccc1CC(O)C=O. The first-order valence-corrected chi connectivity index (χ1v) is 3.92. The van der Waals surface area contributed by atoms with Gasteiger partial charge < -0.3 is 9.90 Å². The zero-order valence-electron chi connectivity index (χ0n) is 7.03. The van der Waals surface area contributed by atoms with Gasteiger partial charge in [-0.2, -0.15) is 0 Å². The van der Waals surface area contributed by atoms with Crippen LogP contribution in [0.2, 0.25) is 0 Å². The lowest BCUT2D eigenvalue weighted by atomic mass is 10.0. The standard InChI is InChI=1S/C10H12O2/c1-8-4-2-3-5-9(8)6-10(12)7-11/h2-5,7,10,12H,6H2,1H3. The van der Waals surface area contributed by atoms with Gasteiger partial charge in [-0.15, -0.1) is 0 Å². The van der Waals surface area contributed by atoms with Gasteiger partial charge in [0.2, 0.25) is 0 Å². The molecule has 0 aliphatic rings. The van der Waals surface area contributed by atoms with Gasteiger partial charge in [-0.1, -0.05) is 24.3 Å². The van der Waals surface area contributed by atoms with E-state index in [1.807, 2.05) is 31.2 Å². The summed E-state index contributed by atoms with van der Waals surface area (Å²) < 4.78 is 0. The Morgan fingerprint density at radius 2 is 2.17 bits per heavy atom. The Labute approximate surface area is 71.8 Å². The third-order valence-corrected chi connectivity index (χ3v) is 1.85. The highest BCUT2D eigenvalue weighted by molar-refractivity contribution is 5.56. The van der Waals surface area contributed by atoms with E-state index in [9.17, 15) is 4.79 Å². The quantitative estimate of drug-likeness (QED) is 0.679. The van der Waals surface area contributed by atoms with E-state index in [2.05, 4.69) is 0 Å². The number of hydrogen-bond acceptors (Lipinski definition) is 2. The summed E-state index contributed by atoms with van der Waals surface area (Å²) in [5.41, 5.74) is 2.13. The smallest absolute Gasteiger partial charge is 0.148 e. The molecule has 0 fully saturated rings. The first-order valence-electron chi connectivity index (χ1n) is 3.92. The Balaban J connectivity index is 2.75. The van der Waals surface area contributed by atoms with Crippen molar-refractivity contribution in [1.29, 1.82) is 0 Å². The molecule has 1 aromatic carbocycles. The van der Waals surface area contributed by atoms with Crippen LogP contribution in [0.4, 0.5) is 0 Å². The molecule has 1 N–H and O–H groups in total. The molecule has 0 aliphatic carbocycles. The molecule has 1 atom stereocenters. The van der Waals surface area contributed by atoms with Crippen LogP contribution in [0.3, 0.4) is 0 Å². The Kier molecular flexibility index (Phi) is 3.00. The predicted molar refractivity (Wildman–Crippen MR) is 47.0 cm³/mol. The lowest BCUT2D eigenvalue weighted by Crippen LogP contribution is -2.12. The van der Waals surface area contributed by atoms with E-state index >= 15 is 0 Å². The van der Waals surface area contributed by atoms with Crippen LogP contribution in [0.25, 0.3) is 0 Å². The molecular formula is C10H12O2. The second kappa shape index (κ2) is 4.02. The van der Waals surface area contributed by atoms with E-state index in [0.717, 1.165) is 11.1 Å². The average Bonchev–Trinajstić information content (AvgIpc) is 2.09. The number of aryl methyl sites for hydroxylation is 1. The number of carbonyl (C=O) groups excluding carboxylic acids is 1. The van der Waals surface area contributed by atoms with Gasteiger partial charge in [-0.3, -0.25) is 0 Å². The fourth-order valence-corrected chi connectivity index (χ4v) is 1.11. The lowest BCUT2D eigenvalue weighted by Gasteiger charge is -2.05. The third kappa shape index (κ3) is 2.17. The second-order valence-electron chi connectivity index (χ2n) is 2.83. The van der Waals surface area contributed by atoms with E-state index in [4.69, 9.17) is 5.11 Å². The second-order valence-corrected chi connectivity index (χ2v) is 2.83. The molecule has 2 heteroatoms. The van der Waals surface area contributed by atoms with E-state index in [1.165, 1.54) is 0 Å². The lowest BCUT2D eigenvalue weighted by molar-refractivity contribution is -0.114. The molecule has 0 radical (unpaired) electrons. The number of rotatable bonds is 3. The van der Waals surface area contributed by atoms with Gasteiger partial charge in [0.25, 0.3) is 0 Å². The van der Waals surface area contributed by atoms with Crippen molar-refractivity contribution in [2.45, 2.75) is 19.4 Å². The Hall–Kier alpha value is -1.15. The minimum atomic E-state index is -0.869. The molecular weight excluding hydrogens is 152 g/mol. The monoisotopic (exact) mass is 164 g/mol. The van der Waals surface area contributed by atoms with Gasteiger partial charge in [-0.05, 0) is 18.1 Å². The van der Waals surface area contributed by atoms with Crippen molar-refractivity contribution in [3.8, 4) is 0 Å². The van der Waals surface area contributed by atoms with Crippen LogP contribution in [0.1, 0.15) is 11.1 Å². The fourth-order valence-electron chi connectivity index (χ4n) is 1.11. The molecule has 0 bridgehead atoms. The number of aliphatic hydroxyl groups excluding tert-OH is 1. The average molecular weight is 164 g/mol. The zero-order valence-corrected chi connectivity index (χ0v) is 7.03. The molecule has 1 rings (SSSR count). The van der Waals surface area contributed by atoms with Gasteiger partial charge in [0.1, 0.15) is 12.4 Å². The summed E-state index contributed by atoms with van der Waals surface area (Å²) in [7, 11) is 0. The van der Waals surface area contributed by atoms with Gasteiger partial charge in [0.15, 0.2) is 0 Å². The number of aliphatic hydroxyl groups is 1. The largest absolute Gasteiger partial charge is 0.385 e. The fraction of sp³-hybridized carbons (Fsp3) is 0.300. The van der Waals surface area contributed by atoms with Crippen molar-refractivity contribution in [2.24, 2.45) is 0 Å². The van der Waals surface area contributed by atoms with Gasteiger partial charge in [0, 0.05) is 6.42 Å². The first-order chi connectivity index (χ1) is 5.74.